The largest absolute Gasteiger partial charge is 0.495 e. The second-order valence-corrected chi connectivity index (χ2v) is 11.0. The number of sulfonamides is 1. The molecule has 0 aromatic heterocycles. The summed E-state index contributed by atoms with van der Waals surface area (Å²) in [6.45, 7) is 2.89. The second-order valence-electron chi connectivity index (χ2n) is 8.72. The van der Waals surface area contributed by atoms with Crippen LogP contribution in [-0.2, 0) is 26.2 Å². The fourth-order valence-corrected chi connectivity index (χ4v) is 5.53. The van der Waals surface area contributed by atoms with E-state index in [1.165, 1.54) is 67.5 Å². The maximum absolute atomic E-state index is 14.6. The molecule has 11 heteroatoms. The normalized spacial score (nSPS) is 11.9. The van der Waals surface area contributed by atoms with Crippen molar-refractivity contribution in [2.45, 2.75) is 37.8 Å². The van der Waals surface area contributed by atoms with Crippen molar-refractivity contribution in [3.63, 3.8) is 0 Å². The van der Waals surface area contributed by atoms with Gasteiger partial charge in [0, 0.05) is 18.7 Å². The molecule has 0 fully saturated rings. The Hall–Kier alpha value is -3.63. The van der Waals surface area contributed by atoms with E-state index in [9.17, 15) is 22.4 Å². The molecule has 0 radical (unpaired) electrons. The summed E-state index contributed by atoms with van der Waals surface area (Å²) in [5, 5.41) is 2.88. The zero-order chi connectivity index (χ0) is 28.6. The van der Waals surface area contributed by atoms with Crippen LogP contribution in [-0.4, -0.2) is 51.4 Å². The van der Waals surface area contributed by atoms with E-state index in [-0.39, 0.29) is 27.7 Å². The summed E-state index contributed by atoms with van der Waals surface area (Å²) in [4.78, 5) is 27.8. The average Bonchev–Trinajstić information content (AvgIpc) is 2.94. The highest BCUT2D eigenvalue weighted by Gasteiger charge is 2.33. The summed E-state index contributed by atoms with van der Waals surface area (Å²) >= 11 is 6.30. The maximum atomic E-state index is 14.6. The van der Waals surface area contributed by atoms with Gasteiger partial charge in [-0.15, -0.1) is 0 Å². The Labute approximate surface area is 233 Å². The lowest BCUT2D eigenvalue weighted by molar-refractivity contribution is -0.139. The fourth-order valence-electron chi connectivity index (χ4n) is 3.85. The summed E-state index contributed by atoms with van der Waals surface area (Å²) in [6, 6.07) is 16.9. The van der Waals surface area contributed by atoms with E-state index in [2.05, 4.69) is 5.32 Å². The number of rotatable bonds is 12. The first-order valence-electron chi connectivity index (χ1n) is 12.3. The number of amides is 2. The van der Waals surface area contributed by atoms with Crippen LogP contribution in [0.25, 0.3) is 0 Å². The van der Waals surface area contributed by atoms with Crippen molar-refractivity contribution in [1.29, 1.82) is 0 Å². The van der Waals surface area contributed by atoms with Gasteiger partial charge >= 0.3 is 0 Å². The van der Waals surface area contributed by atoms with Crippen LogP contribution in [0.15, 0.2) is 77.7 Å². The Morgan fingerprint density at radius 2 is 1.72 bits per heavy atom. The molecule has 3 rings (SSSR count). The Bertz CT molecular complexity index is 1410. The van der Waals surface area contributed by atoms with Crippen LogP contribution in [0, 0.1) is 5.82 Å². The number of nitrogens with one attached hydrogen (secondary N) is 1. The van der Waals surface area contributed by atoms with Crippen LogP contribution >= 0.6 is 11.6 Å². The van der Waals surface area contributed by atoms with Gasteiger partial charge in [0.1, 0.15) is 24.2 Å². The molecule has 1 atom stereocenters. The Morgan fingerprint density at radius 3 is 2.33 bits per heavy atom. The number of nitrogens with zero attached hydrogens (tertiary/aromatic N) is 2. The third-order valence-electron chi connectivity index (χ3n) is 6.05. The van der Waals surface area contributed by atoms with Crippen molar-refractivity contribution in [3.8, 4) is 5.75 Å². The first kappa shape index (κ1) is 29.9. The first-order valence-corrected chi connectivity index (χ1v) is 14.1. The molecule has 3 aromatic carbocycles. The topological polar surface area (TPSA) is 96.0 Å². The summed E-state index contributed by atoms with van der Waals surface area (Å²) < 4.78 is 48.2. The lowest BCUT2D eigenvalue weighted by Crippen LogP contribution is -2.51. The van der Waals surface area contributed by atoms with Crippen LogP contribution < -0.4 is 14.4 Å². The minimum absolute atomic E-state index is 0.0425. The van der Waals surface area contributed by atoms with Crippen LogP contribution in [0.1, 0.15) is 25.8 Å². The molecule has 0 aliphatic rings. The highest BCUT2D eigenvalue weighted by molar-refractivity contribution is 7.92. The molecule has 3 aromatic rings. The molecule has 1 N–H and O–H groups in total. The van der Waals surface area contributed by atoms with Crippen molar-refractivity contribution >= 4 is 39.1 Å². The number of hydrogen-bond donors (Lipinski definition) is 1. The molecule has 39 heavy (non-hydrogen) atoms. The summed E-state index contributed by atoms with van der Waals surface area (Å²) in [5.41, 5.74) is 0.304. The standard InChI is InChI=1S/C28H31ClFN3O5S/c1-4-16-31-28(35)20(2)32(18-21-10-8-9-13-25(21)30)27(34)19-33(22-14-15-26(38-3)24(29)17-22)39(36,37)23-11-6-5-7-12-23/h5-15,17,20H,4,16,18-19H2,1-3H3,(H,31,35)/t20-/m0/s1. The molecule has 0 spiro atoms. The first-order chi connectivity index (χ1) is 18.6. The van der Waals surface area contributed by atoms with E-state index in [0.717, 1.165) is 4.31 Å². The van der Waals surface area contributed by atoms with Crippen LogP contribution in [0.2, 0.25) is 5.02 Å². The highest BCUT2D eigenvalue weighted by atomic mass is 35.5. The molecule has 0 unspecified atom stereocenters. The van der Waals surface area contributed by atoms with Crippen molar-refractivity contribution in [2.75, 3.05) is 24.5 Å². The van der Waals surface area contributed by atoms with Gasteiger partial charge in [-0.1, -0.05) is 54.9 Å². The number of anilines is 1. The summed E-state index contributed by atoms with van der Waals surface area (Å²) in [7, 11) is -2.82. The number of ether oxygens (including phenoxy) is 1. The minimum Gasteiger partial charge on any atom is -0.495 e. The number of carbonyl (C=O) groups excluding carboxylic acids is 2. The molecular weight excluding hydrogens is 545 g/mol. The van der Waals surface area contributed by atoms with E-state index < -0.39 is 40.2 Å². The van der Waals surface area contributed by atoms with Gasteiger partial charge < -0.3 is 15.0 Å². The SMILES string of the molecule is CCCNC(=O)[C@H](C)N(Cc1ccccc1F)C(=O)CN(c1ccc(OC)c(Cl)c1)S(=O)(=O)c1ccccc1. The predicted octanol–water partition coefficient (Wildman–Crippen LogP) is 4.63. The van der Waals surface area contributed by atoms with Gasteiger partial charge in [-0.25, -0.2) is 12.8 Å². The zero-order valence-electron chi connectivity index (χ0n) is 21.9. The fraction of sp³-hybridized carbons (Fsp3) is 0.286. The van der Waals surface area contributed by atoms with Crippen molar-refractivity contribution in [2.24, 2.45) is 0 Å². The number of hydrogen-bond acceptors (Lipinski definition) is 5. The molecule has 0 saturated heterocycles. The Kier molecular flexibility index (Phi) is 10.3. The molecule has 2 amide bonds. The number of carbonyl (C=O) groups is 2. The summed E-state index contributed by atoms with van der Waals surface area (Å²) in [6.07, 6.45) is 0.682. The lowest BCUT2D eigenvalue weighted by atomic mass is 10.1. The van der Waals surface area contributed by atoms with E-state index in [0.29, 0.717) is 18.7 Å². The molecule has 0 aliphatic heterocycles. The number of benzene rings is 3. The number of halogens is 2. The second kappa shape index (κ2) is 13.4. The van der Waals surface area contributed by atoms with E-state index in [4.69, 9.17) is 16.3 Å². The summed E-state index contributed by atoms with van der Waals surface area (Å²) in [5.74, 6) is -1.37. The van der Waals surface area contributed by atoms with Gasteiger partial charge in [-0.2, -0.15) is 0 Å². The zero-order valence-corrected chi connectivity index (χ0v) is 23.5. The third-order valence-corrected chi connectivity index (χ3v) is 8.13. The van der Waals surface area contributed by atoms with E-state index in [1.54, 1.807) is 24.3 Å². The smallest absolute Gasteiger partial charge is 0.264 e. The monoisotopic (exact) mass is 575 g/mol. The van der Waals surface area contributed by atoms with Gasteiger partial charge in [0.25, 0.3) is 10.0 Å². The third kappa shape index (κ3) is 7.27. The van der Waals surface area contributed by atoms with E-state index >= 15 is 0 Å². The van der Waals surface area contributed by atoms with Gasteiger partial charge in [-0.05, 0) is 49.7 Å². The van der Waals surface area contributed by atoms with Crippen molar-refractivity contribution in [1.82, 2.24) is 10.2 Å². The quantitative estimate of drug-likeness (QED) is 0.340. The molecular formula is C28H31ClFN3O5S. The minimum atomic E-state index is -4.25. The number of methoxy groups -OCH3 is 1. The van der Waals surface area contributed by atoms with Crippen LogP contribution in [0.5, 0.6) is 5.75 Å². The van der Waals surface area contributed by atoms with Crippen molar-refractivity contribution in [3.05, 3.63) is 89.2 Å². The molecule has 0 aliphatic carbocycles. The van der Waals surface area contributed by atoms with Crippen molar-refractivity contribution < 1.29 is 27.1 Å². The molecule has 208 valence electrons. The lowest BCUT2D eigenvalue weighted by Gasteiger charge is -2.32. The predicted molar refractivity (Wildman–Crippen MR) is 149 cm³/mol. The van der Waals surface area contributed by atoms with Gasteiger partial charge in [0.15, 0.2) is 0 Å². The van der Waals surface area contributed by atoms with Crippen LogP contribution in [0.3, 0.4) is 0 Å². The molecule has 8 nitrogen and oxygen atoms in total. The Balaban J connectivity index is 2.05. The maximum Gasteiger partial charge on any atom is 0.264 e. The highest BCUT2D eigenvalue weighted by Crippen LogP contribution is 2.32. The van der Waals surface area contributed by atoms with Gasteiger partial charge in [0.05, 0.1) is 22.7 Å². The van der Waals surface area contributed by atoms with Crippen LogP contribution in [0.4, 0.5) is 10.1 Å². The molecule has 0 heterocycles. The average molecular weight is 576 g/mol. The van der Waals surface area contributed by atoms with Gasteiger partial charge in [0.2, 0.25) is 11.8 Å². The van der Waals surface area contributed by atoms with Gasteiger partial charge in [-0.3, -0.25) is 13.9 Å². The van der Waals surface area contributed by atoms with E-state index in [1.807, 2.05) is 6.92 Å². The Morgan fingerprint density at radius 1 is 1.05 bits per heavy atom. The molecule has 0 saturated carbocycles. The molecule has 0 bridgehead atoms.